The summed E-state index contributed by atoms with van der Waals surface area (Å²) in [5, 5.41) is 9.59. The van der Waals surface area contributed by atoms with Crippen LogP contribution in [0.15, 0.2) is 0 Å². The number of rotatable bonds is 8. The van der Waals surface area contributed by atoms with E-state index in [-0.39, 0.29) is 17.6 Å². The number of fused-ring (bicyclic) bond motifs is 1. The maximum absolute atomic E-state index is 12.2. The van der Waals surface area contributed by atoms with E-state index in [0.29, 0.717) is 23.5 Å². The van der Waals surface area contributed by atoms with Gasteiger partial charge in [-0.15, -0.1) is 0 Å². The lowest BCUT2D eigenvalue weighted by atomic mass is 9.90. The summed E-state index contributed by atoms with van der Waals surface area (Å²) in [6, 6.07) is 0.538. The molecular weight excluding hydrogens is 286 g/mol. The lowest BCUT2D eigenvalue weighted by molar-refractivity contribution is -0.124. The first-order valence-electron chi connectivity index (χ1n) is 7.91. The Labute approximate surface area is 131 Å². The molecule has 0 spiro atoms. The van der Waals surface area contributed by atoms with Gasteiger partial charge in [0.25, 0.3) is 0 Å². The fourth-order valence-electron chi connectivity index (χ4n) is 3.06. The first kappa shape index (κ1) is 16.6. The molecule has 2 heterocycles. The molecule has 2 fully saturated rings. The van der Waals surface area contributed by atoms with Gasteiger partial charge in [-0.25, -0.2) is 4.79 Å². The van der Waals surface area contributed by atoms with Gasteiger partial charge in [-0.1, -0.05) is 13.3 Å². The number of likely N-dealkylation sites (N-methyl/N-ethyl adjacent to an activating group) is 1. The van der Waals surface area contributed by atoms with E-state index in [2.05, 4.69) is 16.0 Å². The molecule has 0 aliphatic carbocycles. The first-order chi connectivity index (χ1) is 10.00. The van der Waals surface area contributed by atoms with Crippen LogP contribution in [0.2, 0.25) is 0 Å². The van der Waals surface area contributed by atoms with E-state index in [1.54, 1.807) is 0 Å². The Morgan fingerprint density at radius 3 is 2.86 bits per heavy atom. The summed E-state index contributed by atoms with van der Waals surface area (Å²) in [7, 11) is 1.85. The standard InChI is InChI=1S/C15H27N3O2S/c1-4-15(2,16-3)12(19)8-6-5-7-11-13-10(9-21-11)17-14(20)18-13/h10-11,13,16H,4-9H2,1-3H3,(H2,17,18,20)/t10-,11?,13-,15?/m0/s1. The third-order valence-electron chi connectivity index (χ3n) is 4.95. The summed E-state index contributed by atoms with van der Waals surface area (Å²) in [4.78, 5) is 23.5. The molecule has 0 aromatic heterocycles. The van der Waals surface area contributed by atoms with Gasteiger partial charge in [0.2, 0.25) is 0 Å². The zero-order valence-electron chi connectivity index (χ0n) is 13.2. The predicted molar refractivity (Wildman–Crippen MR) is 86.7 cm³/mol. The van der Waals surface area contributed by atoms with Crippen LogP contribution in [0.25, 0.3) is 0 Å². The molecule has 2 unspecified atom stereocenters. The number of amides is 2. The van der Waals surface area contributed by atoms with Crippen LogP contribution in [0.5, 0.6) is 0 Å². The van der Waals surface area contributed by atoms with Crippen LogP contribution in [-0.2, 0) is 4.79 Å². The molecule has 4 atom stereocenters. The molecule has 120 valence electrons. The smallest absolute Gasteiger partial charge is 0.315 e. The molecule has 0 saturated carbocycles. The molecule has 0 aromatic carbocycles. The Morgan fingerprint density at radius 1 is 1.43 bits per heavy atom. The van der Waals surface area contributed by atoms with Gasteiger partial charge in [0.15, 0.2) is 5.78 Å². The minimum atomic E-state index is -0.378. The number of nitrogens with one attached hydrogen (secondary N) is 3. The van der Waals surface area contributed by atoms with E-state index in [1.165, 1.54) is 0 Å². The molecule has 2 rings (SSSR count). The van der Waals surface area contributed by atoms with E-state index < -0.39 is 0 Å². The van der Waals surface area contributed by atoms with Gasteiger partial charge in [0, 0.05) is 17.4 Å². The number of ketones is 1. The zero-order chi connectivity index (χ0) is 15.5. The quantitative estimate of drug-likeness (QED) is 0.471. The average molecular weight is 313 g/mol. The molecule has 2 aliphatic rings. The van der Waals surface area contributed by atoms with Crippen LogP contribution in [0.4, 0.5) is 4.79 Å². The maximum Gasteiger partial charge on any atom is 0.315 e. The van der Waals surface area contributed by atoms with Gasteiger partial charge in [0.05, 0.1) is 17.6 Å². The van der Waals surface area contributed by atoms with Crippen molar-refractivity contribution in [3.8, 4) is 0 Å². The number of hydrogen-bond acceptors (Lipinski definition) is 4. The molecule has 2 saturated heterocycles. The second kappa shape index (κ2) is 7.01. The van der Waals surface area contributed by atoms with Gasteiger partial charge < -0.3 is 16.0 Å². The Kier molecular flexibility index (Phi) is 5.54. The van der Waals surface area contributed by atoms with Crippen molar-refractivity contribution in [1.29, 1.82) is 0 Å². The predicted octanol–water partition coefficient (Wildman–Crippen LogP) is 1.67. The highest BCUT2D eigenvalue weighted by atomic mass is 32.2. The SMILES string of the molecule is CCC(C)(NC)C(=O)CCCCC1SC[C@@H]2NC(=O)N[C@H]12. The lowest BCUT2D eigenvalue weighted by Crippen LogP contribution is -2.46. The van der Waals surface area contributed by atoms with Crippen molar-refractivity contribution in [2.45, 2.75) is 68.8 Å². The Morgan fingerprint density at radius 2 is 2.19 bits per heavy atom. The number of carbonyl (C=O) groups excluding carboxylic acids is 2. The van der Waals surface area contributed by atoms with Gasteiger partial charge in [-0.2, -0.15) is 11.8 Å². The van der Waals surface area contributed by atoms with Crippen molar-refractivity contribution < 1.29 is 9.59 Å². The molecule has 0 radical (unpaired) electrons. The molecule has 2 amide bonds. The highest BCUT2D eigenvalue weighted by Gasteiger charge is 2.42. The average Bonchev–Trinajstić information content (AvgIpc) is 3.02. The van der Waals surface area contributed by atoms with Gasteiger partial charge in [-0.3, -0.25) is 4.79 Å². The Balaban J connectivity index is 1.68. The zero-order valence-corrected chi connectivity index (χ0v) is 14.0. The van der Waals surface area contributed by atoms with E-state index in [4.69, 9.17) is 0 Å². The molecule has 6 heteroatoms. The van der Waals surface area contributed by atoms with Gasteiger partial charge in [0.1, 0.15) is 0 Å². The number of unbranched alkanes of at least 4 members (excludes halogenated alkanes) is 1. The molecular formula is C15H27N3O2S. The summed E-state index contributed by atoms with van der Waals surface area (Å²) < 4.78 is 0. The monoisotopic (exact) mass is 313 g/mol. The number of hydrogen-bond donors (Lipinski definition) is 3. The summed E-state index contributed by atoms with van der Waals surface area (Å²) in [5.74, 6) is 1.31. The fraction of sp³-hybridized carbons (Fsp3) is 0.867. The second-order valence-electron chi connectivity index (χ2n) is 6.23. The van der Waals surface area contributed by atoms with Crippen LogP contribution in [0, 0.1) is 0 Å². The first-order valence-corrected chi connectivity index (χ1v) is 8.96. The van der Waals surface area contributed by atoms with Gasteiger partial charge >= 0.3 is 6.03 Å². The van der Waals surface area contributed by atoms with E-state index in [1.807, 2.05) is 32.7 Å². The second-order valence-corrected chi connectivity index (χ2v) is 7.50. The summed E-state index contributed by atoms with van der Waals surface area (Å²) in [6.45, 7) is 4.02. The number of urea groups is 1. The number of Topliss-reactive ketones (excluding diaryl/α,β-unsaturated/α-hetero) is 1. The van der Waals surface area contributed by atoms with E-state index in [9.17, 15) is 9.59 Å². The molecule has 3 N–H and O–H groups in total. The van der Waals surface area contributed by atoms with Crippen molar-refractivity contribution in [1.82, 2.24) is 16.0 Å². The molecule has 5 nitrogen and oxygen atoms in total. The lowest BCUT2D eigenvalue weighted by Gasteiger charge is -2.26. The molecule has 2 aliphatic heterocycles. The van der Waals surface area contributed by atoms with Crippen molar-refractivity contribution in [2.75, 3.05) is 12.8 Å². The molecule has 21 heavy (non-hydrogen) atoms. The van der Waals surface area contributed by atoms with Crippen molar-refractivity contribution in [2.24, 2.45) is 0 Å². The maximum atomic E-state index is 12.2. The number of carbonyl (C=O) groups is 2. The van der Waals surface area contributed by atoms with Crippen LogP contribution < -0.4 is 16.0 Å². The van der Waals surface area contributed by atoms with Crippen molar-refractivity contribution in [3.05, 3.63) is 0 Å². The van der Waals surface area contributed by atoms with Crippen molar-refractivity contribution >= 4 is 23.6 Å². The third kappa shape index (κ3) is 3.72. The molecule has 0 aromatic rings. The van der Waals surface area contributed by atoms with E-state index >= 15 is 0 Å². The van der Waals surface area contributed by atoms with Gasteiger partial charge in [-0.05, 0) is 33.2 Å². The highest BCUT2D eigenvalue weighted by molar-refractivity contribution is 8.00. The minimum absolute atomic E-state index is 0.0294. The minimum Gasteiger partial charge on any atom is -0.332 e. The third-order valence-corrected chi connectivity index (χ3v) is 6.46. The summed E-state index contributed by atoms with van der Waals surface area (Å²) in [5.41, 5.74) is -0.378. The molecule has 0 bridgehead atoms. The van der Waals surface area contributed by atoms with Crippen LogP contribution in [0.3, 0.4) is 0 Å². The van der Waals surface area contributed by atoms with E-state index in [0.717, 1.165) is 31.4 Å². The Hall–Kier alpha value is -0.750. The normalized spacial score (nSPS) is 30.4. The number of thioether (sulfide) groups is 1. The van der Waals surface area contributed by atoms with Crippen LogP contribution >= 0.6 is 11.8 Å². The van der Waals surface area contributed by atoms with Crippen LogP contribution in [0.1, 0.15) is 46.0 Å². The van der Waals surface area contributed by atoms with Crippen molar-refractivity contribution in [3.63, 3.8) is 0 Å². The Bertz CT molecular complexity index is 398. The largest absolute Gasteiger partial charge is 0.332 e. The summed E-state index contributed by atoms with van der Waals surface area (Å²) >= 11 is 1.94. The van der Waals surface area contributed by atoms with Crippen LogP contribution in [-0.4, -0.2) is 47.5 Å². The fourth-order valence-corrected chi connectivity index (χ4v) is 4.61. The topological polar surface area (TPSA) is 70.2 Å². The highest BCUT2D eigenvalue weighted by Crippen LogP contribution is 2.33. The summed E-state index contributed by atoms with van der Waals surface area (Å²) in [6.07, 6.45) is 4.52.